The van der Waals surface area contributed by atoms with Crippen LogP contribution in [0.15, 0.2) is 46.9 Å². The van der Waals surface area contributed by atoms with Crippen molar-refractivity contribution >= 4 is 44.4 Å². The van der Waals surface area contributed by atoms with Gasteiger partial charge in [-0.1, -0.05) is 12.1 Å². The molecule has 0 bridgehead atoms. The van der Waals surface area contributed by atoms with Crippen molar-refractivity contribution in [3.63, 3.8) is 0 Å². The third-order valence-electron chi connectivity index (χ3n) is 2.25. The summed E-state index contributed by atoms with van der Waals surface area (Å²) in [5, 5.41) is 0. The Kier molecular flexibility index (Phi) is 4.23. The highest BCUT2D eigenvalue weighted by Crippen LogP contribution is 2.30. The minimum atomic E-state index is -0.525. The fourth-order valence-corrected chi connectivity index (χ4v) is 2.54. The summed E-state index contributed by atoms with van der Waals surface area (Å²) in [6.45, 7) is 0. The van der Waals surface area contributed by atoms with E-state index < -0.39 is 5.91 Å². The van der Waals surface area contributed by atoms with Gasteiger partial charge in [0.25, 0.3) is 5.91 Å². The van der Waals surface area contributed by atoms with Gasteiger partial charge in [0.15, 0.2) is 0 Å². The Balaban J connectivity index is 2.40. The van der Waals surface area contributed by atoms with Crippen LogP contribution in [0.25, 0.3) is 0 Å². The standard InChI is InChI=1S/C13H9BrINO2/c14-10-5-2-6-11(12(10)13(16)17)18-9-4-1-3-8(15)7-9/h1-7H,(H2,16,17). The van der Waals surface area contributed by atoms with Gasteiger partial charge in [-0.25, -0.2) is 0 Å². The first-order chi connectivity index (χ1) is 8.58. The molecule has 0 aromatic heterocycles. The van der Waals surface area contributed by atoms with E-state index in [2.05, 4.69) is 38.5 Å². The van der Waals surface area contributed by atoms with Gasteiger partial charge in [0.2, 0.25) is 0 Å². The second-order valence-corrected chi connectivity index (χ2v) is 5.64. The molecule has 5 heteroatoms. The molecule has 2 aromatic carbocycles. The smallest absolute Gasteiger partial charge is 0.253 e. The fraction of sp³-hybridized carbons (Fsp3) is 0. The predicted molar refractivity (Wildman–Crippen MR) is 81.9 cm³/mol. The summed E-state index contributed by atoms with van der Waals surface area (Å²) >= 11 is 5.49. The van der Waals surface area contributed by atoms with Crippen LogP contribution in [0.2, 0.25) is 0 Å². The first kappa shape index (κ1) is 13.4. The summed E-state index contributed by atoms with van der Waals surface area (Å²) in [5.41, 5.74) is 5.69. The topological polar surface area (TPSA) is 52.3 Å². The van der Waals surface area contributed by atoms with Crippen LogP contribution in [0, 0.1) is 3.57 Å². The average Bonchev–Trinajstić information content (AvgIpc) is 2.28. The Bertz CT molecular complexity index is 601. The van der Waals surface area contributed by atoms with Gasteiger partial charge in [-0.3, -0.25) is 4.79 Å². The Morgan fingerprint density at radius 1 is 1.22 bits per heavy atom. The third kappa shape index (κ3) is 3.02. The number of ether oxygens (including phenoxy) is 1. The first-order valence-electron chi connectivity index (χ1n) is 5.09. The van der Waals surface area contributed by atoms with Crippen LogP contribution in [0.5, 0.6) is 11.5 Å². The lowest BCUT2D eigenvalue weighted by atomic mass is 10.2. The zero-order valence-corrected chi connectivity index (χ0v) is 12.9. The number of hydrogen-bond acceptors (Lipinski definition) is 2. The number of hydrogen-bond donors (Lipinski definition) is 1. The average molecular weight is 418 g/mol. The van der Waals surface area contributed by atoms with E-state index in [9.17, 15) is 4.79 Å². The van der Waals surface area contributed by atoms with Crippen molar-refractivity contribution in [2.24, 2.45) is 5.73 Å². The molecule has 1 amide bonds. The second-order valence-electron chi connectivity index (χ2n) is 3.54. The molecule has 18 heavy (non-hydrogen) atoms. The molecule has 0 saturated carbocycles. The quantitative estimate of drug-likeness (QED) is 0.769. The molecule has 0 spiro atoms. The maximum Gasteiger partial charge on any atom is 0.253 e. The highest BCUT2D eigenvalue weighted by Gasteiger charge is 2.14. The van der Waals surface area contributed by atoms with Crippen molar-refractivity contribution in [2.75, 3.05) is 0 Å². The third-order valence-corrected chi connectivity index (χ3v) is 3.58. The van der Waals surface area contributed by atoms with E-state index in [0.717, 1.165) is 3.57 Å². The Morgan fingerprint density at radius 2 is 1.94 bits per heavy atom. The SMILES string of the molecule is NC(=O)c1c(Br)cccc1Oc1cccc(I)c1. The van der Waals surface area contributed by atoms with Gasteiger partial charge >= 0.3 is 0 Å². The Labute approximate surface area is 127 Å². The largest absolute Gasteiger partial charge is 0.456 e. The van der Waals surface area contributed by atoms with Gasteiger partial charge in [0, 0.05) is 8.04 Å². The molecule has 0 fully saturated rings. The lowest BCUT2D eigenvalue weighted by Crippen LogP contribution is -2.13. The van der Waals surface area contributed by atoms with Crippen LogP contribution >= 0.6 is 38.5 Å². The van der Waals surface area contributed by atoms with Gasteiger partial charge in [-0.2, -0.15) is 0 Å². The number of amides is 1. The summed E-state index contributed by atoms with van der Waals surface area (Å²) in [5.74, 6) is 0.587. The molecule has 0 aliphatic carbocycles. The summed E-state index contributed by atoms with van der Waals surface area (Å²) in [7, 11) is 0. The molecule has 2 rings (SSSR count). The highest BCUT2D eigenvalue weighted by molar-refractivity contribution is 14.1. The normalized spacial score (nSPS) is 10.1. The van der Waals surface area contributed by atoms with E-state index in [-0.39, 0.29) is 0 Å². The number of primary amides is 1. The van der Waals surface area contributed by atoms with Gasteiger partial charge in [-0.15, -0.1) is 0 Å². The van der Waals surface area contributed by atoms with Crippen molar-refractivity contribution in [3.05, 3.63) is 56.1 Å². The van der Waals surface area contributed by atoms with Crippen LogP contribution in [-0.4, -0.2) is 5.91 Å². The number of nitrogens with two attached hydrogens (primary N) is 1. The van der Waals surface area contributed by atoms with Crippen LogP contribution in [-0.2, 0) is 0 Å². The molecule has 3 nitrogen and oxygen atoms in total. The molecule has 0 radical (unpaired) electrons. The van der Waals surface area contributed by atoms with Crippen LogP contribution in [0.4, 0.5) is 0 Å². The summed E-state index contributed by atoms with van der Waals surface area (Å²) in [6, 6.07) is 12.8. The van der Waals surface area contributed by atoms with Gasteiger partial charge in [-0.05, 0) is 68.9 Å². The van der Waals surface area contributed by atoms with Crippen molar-refractivity contribution in [1.29, 1.82) is 0 Å². The predicted octanol–water partition coefficient (Wildman–Crippen LogP) is 3.94. The maximum atomic E-state index is 11.4. The molecular weight excluding hydrogens is 409 g/mol. The Hall–Kier alpha value is -1.08. The minimum Gasteiger partial charge on any atom is -0.456 e. The number of benzene rings is 2. The second kappa shape index (κ2) is 5.71. The van der Waals surface area contributed by atoms with Crippen LogP contribution in [0.1, 0.15) is 10.4 Å². The molecule has 0 heterocycles. The minimum absolute atomic E-state index is 0.344. The monoisotopic (exact) mass is 417 g/mol. The summed E-state index contributed by atoms with van der Waals surface area (Å²) in [4.78, 5) is 11.4. The van der Waals surface area contributed by atoms with E-state index in [0.29, 0.717) is 21.5 Å². The number of rotatable bonds is 3. The van der Waals surface area contributed by atoms with Gasteiger partial charge in [0.05, 0.1) is 5.56 Å². The maximum absolute atomic E-state index is 11.4. The summed E-state index contributed by atoms with van der Waals surface area (Å²) < 4.78 is 7.38. The number of carbonyl (C=O) groups excluding carboxylic acids is 1. The molecule has 2 aromatic rings. The van der Waals surface area contributed by atoms with E-state index in [4.69, 9.17) is 10.5 Å². The zero-order chi connectivity index (χ0) is 13.1. The van der Waals surface area contributed by atoms with E-state index in [1.54, 1.807) is 18.2 Å². The van der Waals surface area contributed by atoms with E-state index in [1.165, 1.54) is 0 Å². The van der Waals surface area contributed by atoms with Gasteiger partial charge < -0.3 is 10.5 Å². The van der Waals surface area contributed by atoms with Gasteiger partial charge in [0.1, 0.15) is 11.5 Å². The van der Waals surface area contributed by atoms with Crippen molar-refractivity contribution in [1.82, 2.24) is 0 Å². The first-order valence-corrected chi connectivity index (χ1v) is 6.97. The molecular formula is C13H9BrINO2. The van der Waals surface area contributed by atoms with E-state index >= 15 is 0 Å². The Morgan fingerprint density at radius 3 is 2.61 bits per heavy atom. The summed E-state index contributed by atoms with van der Waals surface area (Å²) in [6.07, 6.45) is 0. The fourth-order valence-electron chi connectivity index (χ4n) is 1.49. The molecule has 0 aliphatic rings. The number of halogens is 2. The molecule has 2 N–H and O–H groups in total. The molecule has 0 atom stereocenters. The zero-order valence-electron chi connectivity index (χ0n) is 9.19. The van der Waals surface area contributed by atoms with E-state index in [1.807, 2.05) is 24.3 Å². The van der Waals surface area contributed by atoms with Crippen LogP contribution in [0.3, 0.4) is 0 Å². The molecule has 0 unspecified atom stereocenters. The molecule has 0 saturated heterocycles. The molecule has 0 aliphatic heterocycles. The van der Waals surface area contributed by atoms with Crippen molar-refractivity contribution < 1.29 is 9.53 Å². The van der Waals surface area contributed by atoms with Crippen molar-refractivity contribution in [3.8, 4) is 11.5 Å². The lowest BCUT2D eigenvalue weighted by Gasteiger charge is -2.10. The van der Waals surface area contributed by atoms with Crippen LogP contribution < -0.4 is 10.5 Å². The van der Waals surface area contributed by atoms with Crippen molar-refractivity contribution in [2.45, 2.75) is 0 Å². The number of carbonyl (C=O) groups is 1. The molecule has 92 valence electrons. The lowest BCUT2D eigenvalue weighted by molar-refractivity contribution is 0.0997. The highest BCUT2D eigenvalue weighted by atomic mass is 127.